The summed E-state index contributed by atoms with van der Waals surface area (Å²) in [5, 5.41) is 1.14. The summed E-state index contributed by atoms with van der Waals surface area (Å²) in [6.45, 7) is 4.77. The van der Waals surface area contributed by atoms with E-state index in [4.69, 9.17) is 10.2 Å². The van der Waals surface area contributed by atoms with Gasteiger partial charge in [0.25, 0.3) is 0 Å². The fourth-order valence-electron chi connectivity index (χ4n) is 1.42. The van der Waals surface area contributed by atoms with Gasteiger partial charge in [0.05, 0.1) is 0 Å². The van der Waals surface area contributed by atoms with Crippen LogP contribution in [0.15, 0.2) is 34.7 Å². The van der Waals surface area contributed by atoms with E-state index in [1.165, 1.54) is 0 Å². The van der Waals surface area contributed by atoms with Gasteiger partial charge in [-0.15, -0.1) is 0 Å². The molecule has 0 saturated carbocycles. The second kappa shape index (κ2) is 3.14. The molecule has 0 amide bonds. The fourth-order valence-corrected chi connectivity index (χ4v) is 1.42. The maximum absolute atomic E-state index is 5.74. The van der Waals surface area contributed by atoms with Crippen LogP contribution in [0.5, 0.6) is 0 Å². The van der Waals surface area contributed by atoms with Crippen LogP contribution in [-0.4, -0.2) is 6.54 Å². The zero-order valence-electron chi connectivity index (χ0n) is 8.58. The van der Waals surface area contributed by atoms with Crippen LogP contribution >= 0.6 is 0 Å². The zero-order chi connectivity index (χ0) is 10.2. The molecule has 2 aromatic rings. The molecule has 0 radical (unpaired) electrons. The quantitative estimate of drug-likeness (QED) is 0.788. The molecule has 0 spiro atoms. The fraction of sp³-hybridized carbons (Fsp3) is 0.333. The van der Waals surface area contributed by atoms with E-state index in [1.54, 1.807) is 0 Å². The van der Waals surface area contributed by atoms with Crippen molar-refractivity contribution in [2.24, 2.45) is 5.73 Å². The van der Waals surface area contributed by atoms with Crippen molar-refractivity contribution in [3.63, 3.8) is 0 Å². The van der Waals surface area contributed by atoms with Crippen LogP contribution < -0.4 is 5.73 Å². The average molecular weight is 189 g/mol. The topological polar surface area (TPSA) is 39.2 Å². The van der Waals surface area contributed by atoms with Gasteiger partial charge in [0.15, 0.2) is 0 Å². The minimum atomic E-state index is -0.0843. The molecule has 14 heavy (non-hydrogen) atoms. The van der Waals surface area contributed by atoms with E-state index in [1.807, 2.05) is 18.2 Å². The molecular weight excluding hydrogens is 174 g/mol. The van der Waals surface area contributed by atoms with Crippen molar-refractivity contribution >= 4 is 11.0 Å². The number of nitrogens with two attached hydrogens (primary N) is 1. The summed E-state index contributed by atoms with van der Waals surface area (Å²) >= 11 is 0. The molecule has 1 aromatic heterocycles. The van der Waals surface area contributed by atoms with Crippen molar-refractivity contribution in [3.05, 3.63) is 36.1 Å². The third-order valence-corrected chi connectivity index (χ3v) is 2.60. The third kappa shape index (κ3) is 1.42. The van der Waals surface area contributed by atoms with Crippen LogP contribution in [0.4, 0.5) is 0 Å². The van der Waals surface area contributed by atoms with E-state index in [0.29, 0.717) is 6.54 Å². The third-order valence-electron chi connectivity index (χ3n) is 2.60. The second-order valence-corrected chi connectivity index (χ2v) is 4.24. The predicted octanol–water partition coefficient (Wildman–Crippen LogP) is 2.67. The van der Waals surface area contributed by atoms with E-state index in [-0.39, 0.29) is 5.41 Å². The van der Waals surface area contributed by atoms with Crippen LogP contribution in [0, 0.1) is 0 Å². The van der Waals surface area contributed by atoms with Crippen LogP contribution in [0.25, 0.3) is 11.0 Å². The summed E-state index contributed by atoms with van der Waals surface area (Å²) in [5.74, 6) is 0.959. The van der Waals surface area contributed by atoms with Gasteiger partial charge in [-0.2, -0.15) is 0 Å². The zero-order valence-corrected chi connectivity index (χ0v) is 8.58. The Labute approximate surface area is 83.7 Å². The summed E-state index contributed by atoms with van der Waals surface area (Å²) in [6, 6.07) is 10.1. The number of furan rings is 1. The molecule has 2 N–H and O–H groups in total. The maximum atomic E-state index is 5.74. The Morgan fingerprint density at radius 3 is 2.64 bits per heavy atom. The number of hydrogen-bond donors (Lipinski definition) is 1. The van der Waals surface area contributed by atoms with Gasteiger partial charge >= 0.3 is 0 Å². The number of para-hydroxylation sites is 1. The molecule has 2 rings (SSSR count). The molecule has 1 aromatic carbocycles. The van der Waals surface area contributed by atoms with Gasteiger partial charge in [0.1, 0.15) is 11.3 Å². The Balaban J connectivity index is 2.55. The highest BCUT2D eigenvalue weighted by atomic mass is 16.3. The highest BCUT2D eigenvalue weighted by molar-refractivity contribution is 5.77. The van der Waals surface area contributed by atoms with Crippen molar-refractivity contribution in [1.82, 2.24) is 0 Å². The van der Waals surface area contributed by atoms with E-state index >= 15 is 0 Å². The van der Waals surface area contributed by atoms with Crippen molar-refractivity contribution in [2.45, 2.75) is 19.3 Å². The highest BCUT2D eigenvalue weighted by Crippen LogP contribution is 2.28. The lowest BCUT2D eigenvalue weighted by atomic mass is 9.90. The molecule has 0 atom stereocenters. The first-order valence-corrected chi connectivity index (χ1v) is 4.82. The van der Waals surface area contributed by atoms with Gasteiger partial charge in [-0.05, 0) is 12.1 Å². The molecule has 0 aliphatic heterocycles. The SMILES string of the molecule is CC(C)(CN)c1cc2ccccc2o1. The van der Waals surface area contributed by atoms with E-state index in [9.17, 15) is 0 Å². The average Bonchev–Trinajstić information content (AvgIpc) is 2.61. The minimum Gasteiger partial charge on any atom is -0.460 e. The van der Waals surface area contributed by atoms with Crippen LogP contribution in [-0.2, 0) is 5.41 Å². The van der Waals surface area contributed by atoms with Gasteiger partial charge in [0, 0.05) is 17.3 Å². The standard InChI is InChI=1S/C12H15NO/c1-12(2,8-13)11-7-9-5-3-4-6-10(9)14-11/h3-7H,8,13H2,1-2H3. The van der Waals surface area contributed by atoms with Gasteiger partial charge in [0.2, 0.25) is 0 Å². The van der Waals surface area contributed by atoms with Gasteiger partial charge < -0.3 is 10.2 Å². The van der Waals surface area contributed by atoms with Crippen LogP contribution in [0.1, 0.15) is 19.6 Å². The predicted molar refractivity (Wildman–Crippen MR) is 58.3 cm³/mol. The number of fused-ring (bicyclic) bond motifs is 1. The van der Waals surface area contributed by atoms with Gasteiger partial charge in [-0.3, -0.25) is 0 Å². The summed E-state index contributed by atoms with van der Waals surface area (Å²) < 4.78 is 5.74. The Hall–Kier alpha value is -1.28. The lowest BCUT2D eigenvalue weighted by molar-refractivity contribution is 0.409. The first-order valence-electron chi connectivity index (χ1n) is 4.82. The largest absolute Gasteiger partial charge is 0.460 e. The number of hydrogen-bond acceptors (Lipinski definition) is 2. The highest BCUT2D eigenvalue weighted by Gasteiger charge is 2.22. The van der Waals surface area contributed by atoms with Gasteiger partial charge in [-0.25, -0.2) is 0 Å². The second-order valence-electron chi connectivity index (χ2n) is 4.24. The molecule has 0 aliphatic rings. The Morgan fingerprint density at radius 2 is 2.00 bits per heavy atom. The van der Waals surface area contributed by atoms with E-state index < -0.39 is 0 Å². The lowest BCUT2D eigenvalue weighted by Gasteiger charge is -2.18. The summed E-state index contributed by atoms with van der Waals surface area (Å²) in [4.78, 5) is 0. The molecule has 0 aliphatic carbocycles. The molecule has 1 heterocycles. The molecule has 2 nitrogen and oxygen atoms in total. The molecule has 74 valence electrons. The van der Waals surface area contributed by atoms with Crippen molar-refractivity contribution < 1.29 is 4.42 Å². The monoisotopic (exact) mass is 189 g/mol. The first-order chi connectivity index (χ1) is 6.63. The Kier molecular flexibility index (Phi) is 2.08. The van der Waals surface area contributed by atoms with Crippen molar-refractivity contribution in [1.29, 1.82) is 0 Å². The molecular formula is C12H15NO. The first kappa shape index (κ1) is 9.28. The van der Waals surface area contributed by atoms with E-state index in [0.717, 1.165) is 16.7 Å². The molecule has 0 unspecified atom stereocenters. The summed E-state index contributed by atoms with van der Waals surface area (Å²) in [6.07, 6.45) is 0. The lowest BCUT2D eigenvalue weighted by Crippen LogP contribution is -2.27. The minimum absolute atomic E-state index is 0.0843. The molecule has 0 saturated heterocycles. The number of benzene rings is 1. The maximum Gasteiger partial charge on any atom is 0.134 e. The smallest absolute Gasteiger partial charge is 0.134 e. The van der Waals surface area contributed by atoms with Crippen LogP contribution in [0.2, 0.25) is 0 Å². The van der Waals surface area contributed by atoms with Crippen molar-refractivity contribution in [2.75, 3.05) is 6.54 Å². The Morgan fingerprint density at radius 1 is 1.29 bits per heavy atom. The Bertz CT molecular complexity index is 409. The van der Waals surface area contributed by atoms with Crippen molar-refractivity contribution in [3.8, 4) is 0 Å². The molecule has 0 bridgehead atoms. The number of rotatable bonds is 2. The normalized spacial score (nSPS) is 12.2. The molecule has 0 fully saturated rings. The summed E-state index contributed by atoms with van der Waals surface area (Å²) in [5.41, 5.74) is 6.55. The van der Waals surface area contributed by atoms with Gasteiger partial charge in [-0.1, -0.05) is 32.0 Å². The summed E-state index contributed by atoms with van der Waals surface area (Å²) in [7, 11) is 0. The van der Waals surface area contributed by atoms with E-state index in [2.05, 4.69) is 26.0 Å². The molecule has 2 heteroatoms. The van der Waals surface area contributed by atoms with Crippen LogP contribution in [0.3, 0.4) is 0 Å².